The second-order valence-corrected chi connectivity index (χ2v) is 10.3. The largest absolute Gasteiger partial charge is 0.495 e. The first-order valence-corrected chi connectivity index (χ1v) is 14.4. The zero-order chi connectivity index (χ0) is 28.3. The Morgan fingerprint density at radius 3 is 2.23 bits per heavy atom. The summed E-state index contributed by atoms with van der Waals surface area (Å²) in [7, 11) is 1.70. The number of benzene rings is 3. The lowest BCUT2D eigenvalue weighted by Gasteiger charge is -2.38. The van der Waals surface area contributed by atoms with Crippen molar-refractivity contribution in [2.75, 3.05) is 48.4 Å². The molecule has 0 radical (unpaired) electrons. The molecule has 0 aliphatic carbocycles. The highest BCUT2D eigenvalue weighted by Crippen LogP contribution is 2.31. The Hall–Kier alpha value is -4.00. The molecule has 1 atom stereocenters. The van der Waals surface area contributed by atoms with E-state index in [4.69, 9.17) is 4.74 Å². The number of hydrogen-bond donors (Lipinski definition) is 2. The highest BCUT2D eigenvalue weighted by Gasteiger charge is 2.24. The molecule has 3 aromatic carbocycles. The molecule has 3 aromatic rings. The Labute approximate surface area is 238 Å². The van der Waals surface area contributed by atoms with Crippen LogP contribution in [0.25, 0.3) is 0 Å². The van der Waals surface area contributed by atoms with E-state index in [0.29, 0.717) is 17.8 Å². The number of amides is 2. The minimum atomic E-state index is -0.153. The van der Waals surface area contributed by atoms with E-state index in [9.17, 15) is 9.59 Å². The van der Waals surface area contributed by atoms with Gasteiger partial charge in [-0.25, -0.2) is 0 Å². The van der Waals surface area contributed by atoms with Crippen LogP contribution in [0, 0.1) is 5.92 Å². The van der Waals surface area contributed by atoms with Crippen LogP contribution >= 0.6 is 0 Å². The van der Waals surface area contributed by atoms with Crippen LogP contribution in [-0.2, 0) is 11.3 Å². The first-order chi connectivity index (χ1) is 19.5. The normalized spacial score (nSPS) is 14.0. The number of rotatable bonds is 12. The average molecular weight is 543 g/mol. The van der Waals surface area contributed by atoms with Crippen LogP contribution in [-0.4, -0.2) is 45.1 Å². The highest BCUT2D eigenvalue weighted by molar-refractivity contribution is 6.02. The van der Waals surface area contributed by atoms with Crippen molar-refractivity contribution >= 4 is 28.9 Å². The van der Waals surface area contributed by atoms with E-state index in [1.54, 1.807) is 7.11 Å². The summed E-state index contributed by atoms with van der Waals surface area (Å²) in [6, 6.07) is 23.7. The zero-order valence-electron chi connectivity index (χ0n) is 24.0. The molecular weight excluding hydrogens is 500 g/mol. The van der Waals surface area contributed by atoms with Gasteiger partial charge in [0.25, 0.3) is 5.91 Å². The number of piperazine rings is 1. The number of ether oxygens (including phenoxy) is 1. The smallest absolute Gasteiger partial charge is 0.253 e. The molecule has 0 saturated carbocycles. The minimum absolute atomic E-state index is 0.0183. The Balaban J connectivity index is 1.53. The third-order valence-electron chi connectivity index (χ3n) is 7.62. The number of unbranched alkanes of at least 4 members (excludes halogenated alkanes) is 1. The number of para-hydroxylation sites is 2. The van der Waals surface area contributed by atoms with E-state index in [1.807, 2.05) is 66.7 Å². The van der Waals surface area contributed by atoms with Crippen LogP contribution in [0.4, 0.5) is 17.1 Å². The summed E-state index contributed by atoms with van der Waals surface area (Å²) in [6.45, 7) is 7.76. The van der Waals surface area contributed by atoms with E-state index in [2.05, 4.69) is 40.3 Å². The molecule has 1 unspecified atom stereocenters. The number of hydrogen-bond acceptors (Lipinski definition) is 5. The molecule has 7 nitrogen and oxygen atoms in total. The molecule has 2 amide bonds. The van der Waals surface area contributed by atoms with E-state index < -0.39 is 0 Å². The molecule has 0 aromatic heterocycles. The first-order valence-electron chi connectivity index (χ1n) is 14.4. The molecule has 40 heavy (non-hydrogen) atoms. The lowest BCUT2D eigenvalue weighted by molar-refractivity contribution is -0.120. The van der Waals surface area contributed by atoms with Gasteiger partial charge in [-0.2, -0.15) is 0 Å². The van der Waals surface area contributed by atoms with Gasteiger partial charge in [0.2, 0.25) is 5.91 Å². The van der Waals surface area contributed by atoms with E-state index in [0.717, 1.165) is 74.6 Å². The molecule has 1 fully saturated rings. The van der Waals surface area contributed by atoms with Gasteiger partial charge >= 0.3 is 0 Å². The van der Waals surface area contributed by atoms with Crippen molar-refractivity contribution in [3.63, 3.8) is 0 Å². The fourth-order valence-electron chi connectivity index (χ4n) is 5.24. The van der Waals surface area contributed by atoms with Crippen LogP contribution < -0.4 is 25.2 Å². The molecule has 2 N–H and O–H groups in total. The predicted octanol–water partition coefficient (Wildman–Crippen LogP) is 6.11. The summed E-state index contributed by atoms with van der Waals surface area (Å²) in [6.07, 6.45) is 3.76. The van der Waals surface area contributed by atoms with Gasteiger partial charge in [-0.05, 0) is 48.7 Å². The minimum Gasteiger partial charge on any atom is -0.495 e. The van der Waals surface area contributed by atoms with Crippen molar-refractivity contribution < 1.29 is 14.3 Å². The number of nitrogens with zero attached hydrogens (tertiary/aromatic N) is 2. The maximum Gasteiger partial charge on any atom is 0.253 e. The monoisotopic (exact) mass is 542 g/mol. The number of nitrogens with one attached hydrogen (secondary N) is 2. The second kappa shape index (κ2) is 14.4. The third kappa shape index (κ3) is 7.34. The van der Waals surface area contributed by atoms with Crippen molar-refractivity contribution in [1.82, 2.24) is 5.32 Å². The van der Waals surface area contributed by atoms with Crippen molar-refractivity contribution in [2.45, 2.75) is 46.1 Å². The van der Waals surface area contributed by atoms with Gasteiger partial charge < -0.3 is 25.2 Å². The van der Waals surface area contributed by atoms with Gasteiger partial charge in [-0.1, -0.05) is 69.2 Å². The molecule has 4 rings (SSSR count). The molecule has 0 spiro atoms. The van der Waals surface area contributed by atoms with Crippen LogP contribution in [0.5, 0.6) is 5.75 Å². The van der Waals surface area contributed by atoms with Gasteiger partial charge in [0.15, 0.2) is 0 Å². The average Bonchev–Trinajstić information content (AvgIpc) is 3.01. The molecular formula is C33H42N4O3. The standard InChI is InChI=1S/C33H42N4O3/c1-4-6-14-26(5-2)32(38)35-27-17-18-29(28(23-27)33(39)34-24-25-12-8-7-9-13-25)36-19-21-37(22-20-36)30-15-10-11-16-31(30)40-3/h7-13,15-18,23,26H,4-6,14,19-22,24H2,1-3H3,(H,34,39)(H,35,38). The Kier molecular flexibility index (Phi) is 10.4. The molecule has 1 aliphatic rings. The summed E-state index contributed by atoms with van der Waals surface area (Å²) in [5.41, 5.74) is 4.22. The second-order valence-electron chi connectivity index (χ2n) is 10.3. The van der Waals surface area contributed by atoms with Gasteiger partial charge in [0.05, 0.1) is 18.4 Å². The summed E-state index contributed by atoms with van der Waals surface area (Å²) < 4.78 is 5.57. The first kappa shape index (κ1) is 29.0. The van der Waals surface area contributed by atoms with Crippen LogP contribution in [0.3, 0.4) is 0 Å². The number of carbonyl (C=O) groups is 2. The summed E-state index contributed by atoms with van der Waals surface area (Å²) >= 11 is 0. The Morgan fingerprint density at radius 2 is 1.55 bits per heavy atom. The van der Waals surface area contributed by atoms with Crippen molar-refractivity contribution in [2.24, 2.45) is 5.92 Å². The lowest BCUT2D eigenvalue weighted by Crippen LogP contribution is -2.47. The van der Waals surface area contributed by atoms with Crippen LogP contribution in [0.15, 0.2) is 72.8 Å². The van der Waals surface area contributed by atoms with Crippen molar-refractivity contribution in [1.29, 1.82) is 0 Å². The predicted molar refractivity (Wildman–Crippen MR) is 163 cm³/mol. The maximum absolute atomic E-state index is 13.5. The number of carbonyl (C=O) groups excluding carboxylic acids is 2. The van der Waals surface area contributed by atoms with E-state index in [1.165, 1.54) is 0 Å². The lowest BCUT2D eigenvalue weighted by atomic mass is 9.98. The third-order valence-corrected chi connectivity index (χ3v) is 7.62. The van der Waals surface area contributed by atoms with E-state index in [-0.39, 0.29) is 17.7 Å². The van der Waals surface area contributed by atoms with Gasteiger partial charge in [0, 0.05) is 50.0 Å². The summed E-state index contributed by atoms with van der Waals surface area (Å²) in [5.74, 6) is 0.698. The fraction of sp³-hybridized carbons (Fsp3) is 0.394. The maximum atomic E-state index is 13.5. The molecule has 1 heterocycles. The quantitative estimate of drug-likeness (QED) is 0.289. The molecule has 0 bridgehead atoms. The van der Waals surface area contributed by atoms with Gasteiger partial charge in [-0.3, -0.25) is 9.59 Å². The SMILES string of the molecule is CCCCC(CC)C(=O)Nc1ccc(N2CCN(c3ccccc3OC)CC2)c(C(=O)NCc2ccccc2)c1. The summed E-state index contributed by atoms with van der Waals surface area (Å²) in [4.78, 5) is 31.1. The molecule has 7 heteroatoms. The number of methoxy groups -OCH3 is 1. The number of anilines is 3. The highest BCUT2D eigenvalue weighted by atomic mass is 16.5. The Bertz CT molecular complexity index is 1260. The Morgan fingerprint density at radius 1 is 0.875 bits per heavy atom. The van der Waals surface area contributed by atoms with E-state index >= 15 is 0 Å². The van der Waals surface area contributed by atoms with Gasteiger partial charge in [-0.15, -0.1) is 0 Å². The topological polar surface area (TPSA) is 73.9 Å². The van der Waals surface area contributed by atoms with Crippen molar-refractivity contribution in [3.8, 4) is 5.75 Å². The molecule has 1 aliphatic heterocycles. The van der Waals surface area contributed by atoms with Crippen molar-refractivity contribution in [3.05, 3.63) is 83.9 Å². The van der Waals surface area contributed by atoms with Crippen LogP contribution in [0.2, 0.25) is 0 Å². The van der Waals surface area contributed by atoms with Gasteiger partial charge in [0.1, 0.15) is 5.75 Å². The fourth-order valence-corrected chi connectivity index (χ4v) is 5.24. The summed E-state index contributed by atoms with van der Waals surface area (Å²) in [5, 5.41) is 6.16. The zero-order valence-corrected chi connectivity index (χ0v) is 24.0. The molecule has 1 saturated heterocycles. The van der Waals surface area contributed by atoms with Crippen LogP contribution in [0.1, 0.15) is 55.5 Å². The molecule has 212 valence electrons.